The van der Waals surface area contributed by atoms with Crippen molar-refractivity contribution in [1.29, 1.82) is 0 Å². The molecule has 0 saturated carbocycles. The summed E-state index contributed by atoms with van der Waals surface area (Å²) < 4.78 is 11.4. The zero-order valence-electron chi connectivity index (χ0n) is 15.8. The van der Waals surface area contributed by atoms with Gasteiger partial charge in [0.05, 0.1) is 13.2 Å². The minimum absolute atomic E-state index is 0. The van der Waals surface area contributed by atoms with Gasteiger partial charge < -0.3 is 20.1 Å². The number of ether oxygens (including phenoxy) is 2. The van der Waals surface area contributed by atoms with Crippen LogP contribution in [0.5, 0.6) is 11.6 Å². The molecule has 0 aliphatic carbocycles. The van der Waals surface area contributed by atoms with Crippen molar-refractivity contribution in [2.24, 2.45) is 4.99 Å². The molecule has 0 saturated heterocycles. The lowest BCUT2D eigenvalue weighted by atomic mass is 10.1. The van der Waals surface area contributed by atoms with Crippen LogP contribution in [0.25, 0.3) is 0 Å². The maximum absolute atomic E-state index is 5.94. The molecule has 27 heavy (non-hydrogen) atoms. The summed E-state index contributed by atoms with van der Waals surface area (Å²) in [6.45, 7) is 4.11. The van der Waals surface area contributed by atoms with Gasteiger partial charge in [0.15, 0.2) is 5.96 Å². The lowest BCUT2D eigenvalue weighted by Crippen LogP contribution is -2.41. The Morgan fingerprint density at radius 1 is 1.26 bits per heavy atom. The van der Waals surface area contributed by atoms with Gasteiger partial charge in [-0.15, -0.1) is 24.0 Å². The van der Waals surface area contributed by atoms with E-state index in [1.165, 1.54) is 5.56 Å². The lowest BCUT2D eigenvalue weighted by molar-refractivity contribution is 0.235. The highest BCUT2D eigenvalue weighted by atomic mass is 127. The van der Waals surface area contributed by atoms with Gasteiger partial charge in [-0.2, -0.15) is 0 Å². The van der Waals surface area contributed by atoms with E-state index in [-0.39, 0.29) is 30.1 Å². The normalized spacial score (nSPS) is 15.3. The largest absolute Gasteiger partial charge is 0.488 e. The van der Waals surface area contributed by atoms with Crippen molar-refractivity contribution in [2.45, 2.75) is 32.4 Å². The zero-order chi connectivity index (χ0) is 18.2. The second-order valence-corrected chi connectivity index (χ2v) is 6.21. The molecule has 2 aromatic rings. The predicted molar refractivity (Wildman–Crippen MR) is 118 cm³/mol. The van der Waals surface area contributed by atoms with Crippen LogP contribution in [-0.4, -0.2) is 37.2 Å². The SMILES string of the molecule is CCCOc1ccc(CNC(=NC)NCC2Cc3ccccc3O2)cn1.I. The molecule has 0 amide bonds. The third-order valence-electron chi connectivity index (χ3n) is 4.15. The average molecular weight is 482 g/mol. The summed E-state index contributed by atoms with van der Waals surface area (Å²) in [5.74, 6) is 2.39. The van der Waals surface area contributed by atoms with Gasteiger partial charge in [0.25, 0.3) is 0 Å². The number of nitrogens with zero attached hydrogens (tertiary/aromatic N) is 2. The summed E-state index contributed by atoms with van der Waals surface area (Å²) in [6.07, 6.45) is 3.84. The van der Waals surface area contributed by atoms with E-state index in [0.29, 0.717) is 25.6 Å². The molecule has 0 spiro atoms. The Bertz CT molecular complexity index is 712. The van der Waals surface area contributed by atoms with Gasteiger partial charge in [-0.3, -0.25) is 4.99 Å². The standard InChI is InChI=1S/C20H26N4O2.HI/c1-3-10-25-19-9-8-15(12-22-19)13-23-20(21-2)24-14-17-11-16-6-4-5-7-18(16)26-17;/h4-9,12,17H,3,10-11,13-14H2,1-2H3,(H2,21,23,24);1H. The minimum atomic E-state index is 0. The van der Waals surface area contributed by atoms with E-state index in [1.54, 1.807) is 7.05 Å². The Balaban J connectivity index is 0.00000261. The highest BCUT2D eigenvalue weighted by molar-refractivity contribution is 14.0. The van der Waals surface area contributed by atoms with E-state index in [4.69, 9.17) is 9.47 Å². The molecule has 1 aromatic carbocycles. The Kier molecular flexibility index (Phi) is 8.63. The van der Waals surface area contributed by atoms with Crippen molar-refractivity contribution < 1.29 is 9.47 Å². The summed E-state index contributed by atoms with van der Waals surface area (Å²) in [4.78, 5) is 8.57. The molecule has 6 nitrogen and oxygen atoms in total. The molecule has 1 aromatic heterocycles. The van der Waals surface area contributed by atoms with Crippen LogP contribution < -0.4 is 20.1 Å². The number of fused-ring (bicyclic) bond motifs is 1. The Labute approximate surface area is 177 Å². The third-order valence-corrected chi connectivity index (χ3v) is 4.15. The topological polar surface area (TPSA) is 67.8 Å². The third kappa shape index (κ3) is 6.27. The van der Waals surface area contributed by atoms with Gasteiger partial charge in [0.1, 0.15) is 11.9 Å². The first kappa shape index (κ1) is 21.3. The van der Waals surface area contributed by atoms with Gasteiger partial charge in [0, 0.05) is 32.3 Å². The first-order valence-corrected chi connectivity index (χ1v) is 9.05. The monoisotopic (exact) mass is 482 g/mol. The number of aromatic nitrogens is 1. The first-order chi connectivity index (χ1) is 12.8. The number of hydrogen-bond acceptors (Lipinski definition) is 4. The van der Waals surface area contributed by atoms with Gasteiger partial charge in [-0.25, -0.2) is 4.98 Å². The highest BCUT2D eigenvalue weighted by Crippen LogP contribution is 2.27. The minimum Gasteiger partial charge on any atom is -0.488 e. The predicted octanol–water partition coefficient (Wildman–Crippen LogP) is 3.16. The number of hydrogen-bond donors (Lipinski definition) is 2. The van der Waals surface area contributed by atoms with E-state index in [9.17, 15) is 0 Å². The molecule has 1 aliphatic heterocycles. The average Bonchev–Trinajstić information content (AvgIpc) is 3.10. The Hall–Kier alpha value is -2.03. The number of para-hydroxylation sites is 1. The van der Waals surface area contributed by atoms with E-state index in [2.05, 4.69) is 33.6 Å². The van der Waals surface area contributed by atoms with Crippen molar-refractivity contribution in [1.82, 2.24) is 15.6 Å². The van der Waals surface area contributed by atoms with Crippen LogP contribution in [0, 0.1) is 0 Å². The summed E-state index contributed by atoms with van der Waals surface area (Å²) >= 11 is 0. The van der Waals surface area contributed by atoms with Crippen LogP contribution in [0.2, 0.25) is 0 Å². The van der Waals surface area contributed by atoms with E-state index < -0.39 is 0 Å². The number of benzene rings is 1. The number of halogens is 1. The quantitative estimate of drug-likeness (QED) is 0.361. The molecule has 146 valence electrons. The molecule has 3 rings (SSSR count). The molecule has 0 radical (unpaired) electrons. The Morgan fingerprint density at radius 2 is 2.11 bits per heavy atom. The molecule has 0 fully saturated rings. The van der Waals surface area contributed by atoms with Crippen molar-refractivity contribution in [3.05, 3.63) is 53.7 Å². The molecule has 1 aliphatic rings. The molecule has 7 heteroatoms. The number of guanidine groups is 1. The molecule has 1 unspecified atom stereocenters. The molecular weight excluding hydrogens is 455 g/mol. The zero-order valence-corrected chi connectivity index (χ0v) is 18.1. The fourth-order valence-corrected chi connectivity index (χ4v) is 2.79. The van der Waals surface area contributed by atoms with Crippen molar-refractivity contribution in [3.8, 4) is 11.6 Å². The Morgan fingerprint density at radius 3 is 2.81 bits per heavy atom. The molecule has 0 bridgehead atoms. The number of aliphatic imine (C=N–C) groups is 1. The maximum atomic E-state index is 5.94. The van der Waals surface area contributed by atoms with Crippen LogP contribution in [0.4, 0.5) is 0 Å². The van der Waals surface area contributed by atoms with Crippen LogP contribution >= 0.6 is 24.0 Å². The van der Waals surface area contributed by atoms with Gasteiger partial charge in [0.2, 0.25) is 5.88 Å². The van der Waals surface area contributed by atoms with Crippen molar-refractivity contribution in [3.63, 3.8) is 0 Å². The first-order valence-electron chi connectivity index (χ1n) is 9.05. The highest BCUT2D eigenvalue weighted by Gasteiger charge is 2.22. The molecule has 2 N–H and O–H groups in total. The van der Waals surface area contributed by atoms with E-state index in [0.717, 1.165) is 30.1 Å². The molecule has 1 atom stereocenters. The van der Waals surface area contributed by atoms with Crippen LogP contribution in [-0.2, 0) is 13.0 Å². The number of pyridine rings is 1. The lowest BCUT2D eigenvalue weighted by Gasteiger charge is -2.15. The van der Waals surface area contributed by atoms with Crippen molar-refractivity contribution in [2.75, 3.05) is 20.2 Å². The summed E-state index contributed by atoms with van der Waals surface area (Å²) in [5.41, 5.74) is 2.33. The summed E-state index contributed by atoms with van der Waals surface area (Å²) in [5, 5.41) is 6.62. The van der Waals surface area contributed by atoms with Crippen LogP contribution in [0.1, 0.15) is 24.5 Å². The number of nitrogens with one attached hydrogen (secondary N) is 2. The second kappa shape index (κ2) is 11.0. The number of rotatable bonds is 7. The molecule has 2 heterocycles. The van der Waals surface area contributed by atoms with Gasteiger partial charge in [-0.05, 0) is 23.6 Å². The summed E-state index contributed by atoms with van der Waals surface area (Å²) in [6, 6.07) is 12.1. The summed E-state index contributed by atoms with van der Waals surface area (Å²) in [7, 11) is 1.76. The smallest absolute Gasteiger partial charge is 0.213 e. The van der Waals surface area contributed by atoms with Gasteiger partial charge >= 0.3 is 0 Å². The van der Waals surface area contributed by atoms with Crippen LogP contribution in [0.3, 0.4) is 0 Å². The van der Waals surface area contributed by atoms with Crippen molar-refractivity contribution >= 4 is 29.9 Å². The van der Waals surface area contributed by atoms with E-state index >= 15 is 0 Å². The van der Waals surface area contributed by atoms with E-state index in [1.807, 2.05) is 36.5 Å². The fourth-order valence-electron chi connectivity index (χ4n) is 2.79. The molecular formula is C20H27IN4O2. The van der Waals surface area contributed by atoms with Crippen LogP contribution in [0.15, 0.2) is 47.6 Å². The van der Waals surface area contributed by atoms with Gasteiger partial charge in [-0.1, -0.05) is 31.2 Å². The fraction of sp³-hybridized carbons (Fsp3) is 0.400. The maximum Gasteiger partial charge on any atom is 0.213 e. The second-order valence-electron chi connectivity index (χ2n) is 6.21.